The molecule has 0 radical (unpaired) electrons. The Morgan fingerprint density at radius 2 is 1.74 bits per heavy atom. The molecule has 14 nitrogen and oxygen atoms in total. The molecule has 34 heavy (non-hydrogen) atoms. The number of ether oxygens (including phenoxy) is 1. The third-order valence-electron chi connectivity index (χ3n) is 5.15. The SMILES string of the molecule is N[C@@H](CCCCNCC(F)(F)C1(O)O[C@H](CO)[C@H](O)[C@H](O)[C@H]1O)C(=O)NCC(=O)NCC(=O)O. The molecule has 1 fully saturated rings. The number of carboxylic acids is 1. The molecule has 1 saturated heterocycles. The number of nitrogens with two attached hydrogens (primary N) is 1. The monoisotopic (exact) mass is 502 g/mol. The first kappa shape index (κ1) is 30.0. The van der Waals surface area contributed by atoms with Crippen LogP contribution in [-0.2, 0) is 19.1 Å². The van der Waals surface area contributed by atoms with Crippen LogP contribution >= 0.6 is 0 Å². The largest absolute Gasteiger partial charge is 0.480 e. The summed E-state index contributed by atoms with van der Waals surface area (Å²) in [6, 6.07) is -0.997. The minimum absolute atomic E-state index is 0.0116. The fraction of sp³-hybridized carbons (Fsp3) is 0.833. The first-order valence-corrected chi connectivity index (χ1v) is 10.4. The van der Waals surface area contributed by atoms with Crippen molar-refractivity contribution in [2.24, 2.45) is 5.73 Å². The van der Waals surface area contributed by atoms with Crippen molar-refractivity contribution < 1.29 is 58.5 Å². The smallest absolute Gasteiger partial charge is 0.322 e. The van der Waals surface area contributed by atoms with Gasteiger partial charge in [0.15, 0.2) is 0 Å². The number of aliphatic hydroxyl groups is 5. The molecule has 0 bridgehead atoms. The number of carbonyl (C=O) groups excluding carboxylic acids is 2. The van der Waals surface area contributed by atoms with Gasteiger partial charge in [-0.25, -0.2) is 0 Å². The quantitative estimate of drug-likeness (QED) is 0.101. The zero-order valence-corrected chi connectivity index (χ0v) is 18.2. The van der Waals surface area contributed by atoms with Gasteiger partial charge in [-0.1, -0.05) is 6.42 Å². The van der Waals surface area contributed by atoms with Crippen LogP contribution in [0.3, 0.4) is 0 Å². The van der Waals surface area contributed by atoms with Crippen LogP contribution in [0, 0.1) is 0 Å². The number of halogens is 2. The summed E-state index contributed by atoms with van der Waals surface area (Å²) in [6.45, 7) is -3.24. The summed E-state index contributed by atoms with van der Waals surface area (Å²) >= 11 is 0. The zero-order valence-electron chi connectivity index (χ0n) is 18.2. The van der Waals surface area contributed by atoms with Crippen molar-refractivity contribution in [3.05, 3.63) is 0 Å². The number of hydrogen-bond acceptors (Lipinski definition) is 11. The third kappa shape index (κ3) is 8.02. The highest BCUT2D eigenvalue weighted by Gasteiger charge is 2.65. The molecule has 0 aromatic carbocycles. The number of carboxylic acid groups (broad SMARTS) is 1. The van der Waals surface area contributed by atoms with E-state index in [4.69, 9.17) is 15.9 Å². The van der Waals surface area contributed by atoms with Crippen LogP contribution in [0.15, 0.2) is 0 Å². The van der Waals surface area contributed by atoms with E-state index in [-0.39, 0.29) is 19.4 Å². The van der Waals surface area contributed by atoms with Gasteiger partial charge in [-0.15, -0.1) is 0 Å². The Morgan fingerprint density at radius 1 is 1.09 bits per heavy atom. The highest BCUT2D eigenvalue weighted by molar-refractivity contribution is 5.88. The number of alkyl halides is 2. The molecule has 1 aliphatic heterocycles. The van der Waals surface area contributed by atoms with Crippen molar-refractivity contribution in [1.82, 2.24) is 16.0 Å². The lowest BCUT2D eigenvalue weighted by Gasteiger charge is -2.48. The molecule has 0 saturated carbocycles. The highest BCUT2D eigenvalue weighted by Crippen LogP contribution is 2.39. The minimum atomic E-state index is -4.13. The molecular formula is C18H32F2N4O10. The summed E-state index contributed by atoms with van der Waals surface area (Å²) in [6.07, 6.45) is -7.62. The molecule has 16 heteroatoms. The van der Waals surface area contributed by atoms with E-state index in [0.29, 0.717) is 6.42 Å². The average Bonchev–Trinajstić information content (AvgIpc) is 2.78. The molecule has 198 valence electrons. The summed E-state index contributed by atoms with van der Waals surface area (Å²) in [4.78, 5) is 33.5. The fourth-order valence-corrected chi connectivity index (χ4v) is 3.11. The summed E-state index contributed by atoms with van der Waals surface area (Å²) in [7, 11) is 0. The maximum atomic E-state index is 14.5. The molecule has 0 spiro atoms. The summed E-state index contributed by atoms with van der Waals surface area (Å²) in [5.41, 5.74) is 5.67. The second kappa shape index (κ2) is 13.1. The van der Waals surface area contributed by atoms with Crippen LogP contribution in [0.1, 0.15) is 19.3 Å². The third-order valence-corrected chi connectivity index (χ3v) is 5.15. The predicted octanol–water partition coefficient (Wildman–Crippen LogP) is -4.81. The van der Waals surface area contributed by atoms with E-state index < -0.39 is 86.2 Å². The van der Waals surface area contributed by atoms with Crippen LogP contribution in [0.2, 0.25) is 0 Å². The Morgan fingerprint density at radius 3 is 2.32 bits per heavy atom. The Labute approximate surface area is 193 Å². The first-order valence-electron chi connectivity index (χ1n) is 10.4. The second-order valence-electron chi connectivity index (χ2n) is 7.83. The Kier molecular flexibility index (Phi) is 11.6. The number of hydrogen-bond donors (Lipinski definition) is 10. The molecule has 0 aliphatic carbocycles. The van der Waals surface area contributed by atoms with Gasteiger partial charge in [0, 0.05) is 0 Å². The van der Waals surface area contributed by atoms with Gasteiger partial charge in [0.05, 0.1) is 25.7 Å². The second-order valence-corrected chi connectivity index (χ2v) is 7.83. The minimum Gasteiger partial charge on any atom is -0.480 e. The van der Waals surface area contributed by atoms with Crippen molar-refractivity contribution >= 4 is 17.8 Å². The topological polar surface area (TPSA) is 244 Å². The van der Waals surface area contributed by atoms with Gasteiger partial charge in [0.1, 0.15) is 31.0 Å². The summed E-state index contributed by atoms with van der Waals surface area (Å²) in [5.74, 6) is -10.3. The maximum Gasteiger partial charge on any atom is 0.322 e. The fourth-order valence-electron chi connectivity index (χ4n) is 3.11. The lowest BCUT2D eigenvalue weighted by Crippen LogP contribution is -2.72. The molecule has 6 atom stereocenters. The van der Waals surface area contributed by atoms with E-state index in [0.717, 1.165) is 0 Å². The molecule has 0 aromatic rings. The van der Waals surface area contributed by atoms with E-state index in [1.165, 1.54) is 0 Å². The zero-order chi connectivity index (χ0) is 26.1. The van der Waals surface area contributed by atoms with Gasteiger partial charge >= 0.3 is 11.9 Å². The van der Waals surface area contributed by atoms with Crippen molar-refractivity contribution in [3.8, 4) is 0 Å². The van der Waals surface area contributed by atoms with Crippen LogP contribution in [-0.4, -0.2) is 123 Å². The Bertz CT molecular complexity index is 702. The number of amides is 2. The van der Waals surface area contributed by atoms with Crippen molar-refractivity contribution in [2.45, 2.75) is 61.4 Å². The molecule has 0 aromatic heterocycles. The van der Waals surface area contributed by atoms with E-state index in [9.17, 15) is 43.6 Å². The predicted molar refractivity (Wildman–Crippen MR) is 108 cm³/mol. The Balaban J connectivity index is 2.37. The molecule has 1 rings (SSSR count). The van der Waals surface area contributed by atoms with E-state index >= 15 is 0 Å². The normalized spacial score (nSPS) is 28.2. The number of nitrogens with one attached hydrogen (secondary N) is 3. The van der Waals surface area contributed by atoms with Gasteiger partial charge in [-0.2, -0.15) is 8.78 Å². The van der Waals surface area contributed by atoms with Crippen LogP contribution in [0.25, 0.3) is 0 Å². The molecule has 1 unspecified atom stereocenters. The lowest BCUT2D eigenvalue weighted by atomic mass is 9.88. The van der Waals surface area contributed by atoms with Crippen LogP contribution in [0.5, 0.6) is 0 Å². The first-order chi connectivity index (χ1) is 15.8. The standard InChI is InChI=1S/C18H32F2N4O10/c19-17(20,18(33)15(31)14(30)13(29)10(7-25)34-18)8-22-4-2-1-3-9(21)16(32)24-5-11(26)23-6-12(27)28/h9-10,13-15,22,25,29-31,33H,1-8,21H2,(H,23,26)(H,24,32)(H,27,28)/t9-,10+,13-,14-,15+,18?/m0/s1. The number of rotatable bonds is 14. The number of unbranched alkanes of at least 4 members (excludes halogenated alkanes) is 1. The number of aliphatic hydroxyl groups excluding tert-OH is 4. The average molecular weight is 502 g/mol. The Hall–Kier alpha value is -2.05. The van der Waals surface area contributed by atoms with E-state index in [1.54, 1.807) is 0 Å². The van der Waals surface area contributed by atoms with Crippen LogP contribution < -0.4 is 21.7 Å². The molecule has 1 aliphatic rings. The van der Waals surface area contributed by atoms with E-state index in [1.807, 2.05) is 5.32 Å². The summed E-state index contributed by atoms with van der Waals surface area (Å²) in [5, 5.41) is 63.5. The van der Waals surface area contributed by atoms with Crippen molar-refractivity contribution in [3.63, 3.8) is 0 Å². The number of aliphatic carboxylic acids is 1. The molecule has 2 amide bonds. The van der Waals surface area contributed by atoms with Gasteiger partial charge in [0.25, 0.3) is 5.79 Å². The van der Waals surface area contributed by atoms with Crippen LogP contribution in [0.4, 0.5) is 8.78 Å². The molecule has 11 N–H and O–H groups in total. The van der Waals surface area contributed by atoms with Crippen molar-refractivity contribution in [2.75, 3.05) is 32.8 Å². The van der Waals surface area contributed by atoms with Gasteiger partial charge in [-0.05, 0) is 19.4 Å². The highest BCUT2D eigenvalue weighted by atomic mass is 19.3. The lowest BCUT2D eigenvalue weighted by molar-refractivity contribution is -0.409. The molecular weight excluding hydrogens is 470 g/mol. The number of carbonyl (C=O) groups is 3. The van der Waals surface area contributed by atoms with Gasteiger partial charge in [0.2, 0.25) is 11.8 Å². The van der Waals surface area contributed by atoms with Gasteiger partial charge < -0.3 is 57.1 Å². The maximum absolute atomic E-state index is 14.5. The molecule has 1 heterocycles. The van der Waals surface area contributed by atoms with Crippen molar-refractivity contribution in [1.29, 1.82) is 0 Å². The summed E-state index contributed by atoms with van der Waals surface area (Å²) < 4.78 is 33.7. The van der Waals surface area contributed by atoms with Gasteiger partial charge in [-0.3, -0.25) is 14.4 Å². The van der Waals surface area contributed by atoms with E-state index in [2.05, 4.69) is 15.4 Å².